The topological polar surface area (TPSA) is 90.2 Å². The van der Waals surface area contributed by atoms with E-state index in [2.05, 4.69) is 15.5 Å². The maximum absolute atomic E-state index is 13.6. The summed E-state index contributed by atoms with van der Waals surface area (Å²) >= 11 is 1.58. The van der Waals surface area contributed by atoms with Crippen molar-refractivity contribution in [2.75, 3.05) is 13.7 Å². The number of thiophene rings is 1. The molecule has 2 aromatic heterocycles. The van der Waals surface area contributed by atoms with Gasteiger partial charge in [0.2, 0.25) is 10.0 Å². The molecule has 1 fully saturated rings. The summed E-state index contributed by atoms with van der Waals surface area (Å²) in [7, 11) is -2.19. The zero-order chi connectivity index (χ0) is 21.0. The predicted molar refractivity (Wildman–Crippen MR) is 114 cm³/mol. The van der Waals surface area contributed by atoms with Crippen LogP contribution in [-0.2, 0) is 16.6 Å². The summed E-state index contributed by atoms with van der Waals surface area (Å²) in [6.45, 7) is 0.921. The minimum absolute atomic E-state index is 0.212. The van der Waals surface area contributed by atoms with Crippen LogP contribution in [0.4, 0.5) is 0 Å². The van der Waals surface area contributed by atoms with E-state index in [-0.39, 0.29) is 4.90 Å². The molecule has 1 aliphatic carbocycles. The van der Waals surface area contributed by atoms with E-state index in [9.17, 15) is 8.42 Å². The average molecular weight is 448 g/mol. The second-order valence-electron chi connectivity index (χ2n) is 7.47. The van der Waals surface area contributed by atoms with Crippen LogP contribution in [0.2, 0.25) is 0 Å². The van der Waals surface area contributed by atoms with Gasteiger partial charge >= 0.3 is 0 Å². The molecule has 3 aromatic rings. The molecule has 4 rings (SSSR count). The highest BCUT2D eigenvalue weighted by molar-refractivity contribution is 7.89. The number of hydrogen-bond acceptors (Lipinski definition) is 7. The first-order valence-electron chi connectivity index (χ1n) is 10.0. The van der Waals surface area contributed by atoms with Gasteiger partial charge in [-0.25, -0.2) is 8.42 Å². The first-order valence-corrected chi connectivity index (χ1v) is 12.3. The van der Waals surface area contributed by atoms with Gasteiger partial charge in [-0.05, 0) is 52.8 Å². The predicted octanol–water partition coefficient (Wildman–Crippen LogP) is 3.50. The maximum atomic E-state index is 13.6. The molecule has 8 nitrogen and oxygen atoms in total. The van der Waals surface area contributed by atoms with E-state index in [1.165, 1.54) is 37.4 Å². The fraction of sp³-hybridized carbons (Fsp3) is 0.450. The van der Waals surface area contributed by atoms with E-state index in [0.717, 1.165) is 17.7 Å². The Balaban J connectivity index is 1.66. The van der Waals surface area contributed by atoms with Gasteiger partial charge in [-0.1, -0.05) is 25.3 Å². The molecule has 0 N–H and O–H groups in total. The van der Waals surface area contributed by atoms with Crippen molar-refractivity contribution in [3.8, 4) is 11.4 Å². The SMILES string of the molecule is COc1cc(S(=O)(=O)N(Cc2cccs2)CC2CCCCC2)ccc1-n1cnnn1. The zero-order valence-corrected chi connectivity index (χ0v) is 18.5. The van der Waals surface area contributed by atoms with Crippen LogP contribution in [0, 0.1) is 5.92 Å². The third-order valence-electron chi connectivity index (χ3n) is 5.48. The third kappa shape index (κ3) is 4.55. The highest BCUT2D eigenvalue weighted by Gasteiger charge is 2.29. The quantitative estimate of drug-likeness (QED) is 0.525. The molecule has 0 unspecified atom stereocenters. The molecule has 1 aromatic carbocycles. The van der Waals surface area contributed by atoms with Crippen LogP contribution in [-0.4, -0.2) is 46.6 Å². The smallest absolute Gasteiger partial charge is 0.243 e. The lowest BCUT2D eigenvalue weighted by molar-refractivity contribution is 0.276. The molecule has 0 amide bonds. The Morgan fingerprint density at radius 3 is 2.73 bits per heavy atom. The molecule has 0 spiro atoms. The van der Waals surface area contributed by atoms with E-state index in [4.69, 9.17) is 4.74 Å². The molecular formula is C20H25N5O3S2. The van der Waals surface area contributed by atoms with Crippen LogP contribution >= 0.6 is 11.3 Å². The number of ether oxygens (including phenoxy) is 1. The zero-order valence-electron chi connectivity index (χ0n) is 16.8. The number of sulfonamides is 1. The van der Waals surface area contributed by atoms with Gasteiger partial charge in [0.05, 0.1) is 12.0 Å². The lowest BCUT2D eigenvalue weighted by Gasteiger charge is -2.29. The Bertz CT molecular complexity index is 1050. The number of tetrazole rings is 1. The Hall–Kier alpha value is -2.30. The maximum Gasteiger partial charge on any atom is 0.243 e. The summed E-state index contributed by atoms with van der Waals surface area (Å²) in [6.07, 6.45) is 7.19. The summed E-state index contributed by atoms with van der Waals surface area (Å²) in [5, 5.41) is 13.1. The van der Waals surface area contributed by atoms with Crippen LogP contribution < -0.4 is 4.74 Å². The molecule has 1 aliphatic rings. The van der Waals surface area contributed by atoms with Gasteiger partial charge in [0.25, 0.3) is 0 Å². The first-order chi connectivity index (χ1) is 14.6. The molecule has 160 valence electrons. The van der Waals surface area contributed by atoms with Crippen molar-refractivity contribution < 1.29 is 13.2 Å². The molecule has 0 aliphatic heterocycles. The molecule has 1 saturated carbocycles. The van der Waals surface area contributed by atoms with Crippen molar-refractivity contribution >= 4 is 21.4 Å². The fourth-order valence-electron chi connectivity index (χ4n) is 3.91. The molecular weight excluding hydrogens is 422 g/mol. The number of hydrogen-bond donors (Lipinski definition) is 0. The van der Waals surface area contributed by atoms with Crippen LogP contribution in [0.1, 0.15) is 37.0 Å². The number of rotatable bonds is 8. The standard InChI is InChI=1S/C20H25N5O3S2/c1-28-20-12-18(9-10-19(20)25-15-21-22-23-25)30(26,27)24(14-17-8-5-11-29-17)13-16-6-3-2-4-7-16/h5,8-12,15-16H,2-4,6-7,13-14H2,1H3. The Morgan fingerprint density at radius 1 is 1.23 bits per heavy atom. The molecule has 0 radical (unpaired) electrons. The van der Waals surface area contributed by atoms with E-state index in [0.29, 0.717) is 30.4 Å². The highest BCUT2D eigenvalue weighted by Crippen LogP contribution is 2.31. The highest BCUT2D eigenvalue weighted by atomic mass is 32.2. The van der Waals surface area contributed by atoms with Crippen molar-refractivity contribution in [2.45, 2.75) is 43.5 Å². The van der Waals surface area contributed by atoms with Crippen LogP contribution in [0.15, 0.2) is 46.9 Å². The summed E-state index contributed by atoms with van der Waals surface area (Å²) in [6, 6.07) is 8.75. The van der Waals surface area contributed by atoms with Gasteiger partial charge in [0, 0.05) is 24.0 Å². The van der Waals surface area contributed by atoms with Crippen molar-refractivity contribution in [2.24, 2.45) is 5.92 Å². The second kappa shape index (κ2) is 9.23. The second-order valence-corrected chi connectivity index (χ2v) is 10.4. The van der Waals surface area contributed by atoms with Crippen molar-refractivity contribution in [1.82, 2.24) is 24.5 Å². The van der Waals surface area contributed by atoms with Crippen molar-refractivity contribution in [3.63, 3.8) is 0 Å². The van der Waals surface area contributed by atoms with Gasteiger partial charge in [-0.15, -0.1) is 16.4 Å². The van der Waals surface area contributed by atoms with Gasteiger partial charge in [0.1, 0.15) is 17.8 Å². The molecule has 0 bridgehead atoms. The van der Waals surface area contributed by atoms with Gasteiger partial charge in [-0.3, -0.25) is 0 Å². The van der Waals surface area contributed by atoms with E-state index in [1.54, 1.807) is 33.8 Å². The molecule has 10 heteroatoms. The Morgan fingerprint density at radius 2 is 2.07 bits per heavy atom. The monoisotopic (exact) mass is 447 g/mol. The van der Waals surface area contributed by atoms with E-state index >= 15 is 0 Å². The minimum Gasteiger partial charge on any atom is -0.494 e. The number of nitrogens with zero attached hydrogens (tertiary/aromatic N) is 5. The lowest BCUT2D eigenvalue weighted by Crippen LogP contribution is -2.35. The molecule has 30 heavy (non-hydrogen) atoms. The summed E-state index contributed by atoms with van der Waals surface area (Å²) in [4.78, 5) is 1.25. The summed E-state index contributed by atoms with van der Waals surface area (Å²) < 4.78 is 35.8. The van der Waals surface area contributed by atoms with Gasteiger partial charge < -0.3 is 4.74 Å². The Labute approximate surface area is 180 Å². The molecule has 0 atom stereocenters. The van der Waals surface area contributed by atoms with Gasteiger partial charge in [0.15, 0.2) is 0 Å². The van der Waals surface area contributed by atoms with E-state index < -0.39 is 10.0 Å². The van der Waals surface area contributed by atoms with Crippen LogP contribution in [0.3, 0.4) is 0 Å². The summed E-state index contributed by atoms with van der Waals surface area (Å²) in [5.74, 6) is 0.799. The number of methoxy groups -OCH3 is 1. The number of benzene rings is 1. The first kappa shape index (κ1) is 21.0. The van der Waals surface area contributed by atoms with Gasteiger partial charge in [-0.2, -0.15) is 8.99 Å². The molecule has 0 saturated heterocycles. The normalized spacial score (nSPS) is 15.5. The Kier molecular flexibility index (Phi) is 6.45. The van der Waals surface area contributed by atoms with Crippen LogP contribution in [0.25, 0.3) is 5.69 Å². The minimum atomic E-state index is -3.70. The van der Waals surface area contributed by atoms with E-state index in [1.807, 2.05) is 17.5 Å². The average Bonchev–Trinajstić information content (AvgIpc) is 3.48. The summed E-state index contributed by atoms with van der Waals surface area (Å²) in [5.41, 5.74) is 0.582. The third-order valence-corrected chi connectivity index (χ3v) is 8.15. The van der Waals surface area contributed by atoms with Crippen molar-refractivity contribution in [3.05, 3.63) is 46.9 Å². The largest absolute Gasteiger partial charge is 0.494 e. The number of aromatic nitrogens is 4. The lowest BCUT2D eigenvalue weighted by atomic mass is 9.89. The molecule has 2 heterocycles. The van der Waals surface area contributed by atoms with Crippen LogP contribution in [0.5, 0.6) is 5.75 Å². The fourth-order valence-corrected chi connectivity index (χ4v) is 6.22. The van der Waals surface area contributed by atoms with Crippen molar-refractivity contribution in [1.29, 1.82) is 0 Å².